The van der Waals surface area contributed by atoms with Crippen molar-refractivity contribution in [2.75, 3.05) is 18.4 Å². The second kappa shape index (κ2) is 8.97. The Morgan fingerprint density at radius 1 is 1.09 bits per heavy atom. The molecule has 32 heavy (non-hydrogen) atoms. The summed E-state index contributed by atoms with van der Waals surface area (Å²) < 4.78 is 29.7. The molecule has 2 heterocycles. The number of hydrogen-bond donors (Lipinski definition) is 1. The Bertz CT molecular complexity index is 1350. The average molecular weight is 473 g/mol. The van der Waals surface area contributed by atoms with Crippen molar-refractivity contribution in [1.82, 2.24) is 8.87 Å². The second-order valence-corrected chi connectivity index (χ2v) is 10.5. The molecule has 0 spiro atoms. The molecule has 168 valence electrons. The molecule has 0 unspecified atom stereocenters. The Balaban J connectivity index is 1.64. The van der Waals surface area contributed by atoms with Gasteiger partial charge in [0.25, 0.3) is 5.91 Å². The highest BCUT2D eigenvalue weighted by Crippen LogP contribution is 2.23. The normalized spacial score (nSPS) is 15.4. The van der Waals surface area contributed by atoms with Crippen molar-refractivity contribution in [3.63, 3.8) is 0 Å². The summed E-state index contributed by atoms with van der Waals surface area (Å²) in [5.41, 5.74) is 1.93. The summed E-state index contributed by atoms with van der Waals surface area (Å²) in [6.07, 6.45) is 1.74. The van der Waals surface area contributed by atoms with Crippen molar-refractivity contribution < 1.29 is 18.0 Å². The van der Waals surface area contributed by atoms with E-state index in [1.165, 1.54) is 46.8 Å². The Hall–Kier alpha value is -2.82. The van der Waals surface area contributed by atoms with Crippen LogP contribution in [0.5, 0.6) is 0 Å². The summed E-state index contributed by atoms with van der Waals surface area (Å²) in [4.78, 5) is 29.1. The smallest absolute Gasteiger partial charge is 0.279 e. The van der Waals surface area contributed by atoms with Gasteiger partial charge in [0.15, 0.2) is 4.80 Å². The first-order valence-electron chi connectivity index (χ1n) is 10.4. The van der Waals surface area contributed by atoms with Gasteiger partial charge in [-0.05, 0) is 62.2 Å². The predicted molar refractivity (Wildman–Crippen MR) is 124 cm³/mol. The van der Waals surface area contributed by atoms with E-state index in [1.54, 1.807) is 0 Å². The van der Waals surface area contributed by atoms with Gasteiger partial charge in [0.05, 0.1) is 15.1 Å². The highest BCUT2D eigenvalue weighted by molar-refractivity contribution is 7.89. The maximum atomic E-state index is 12.8. The maximum Gasteiger partial charge on any atom is 0.279 e. The fourth-order valence-electron chi connectivity index (χ4n) is 3.74. The Kier molecular flexibility index (Phi) is 6.27. The van der Waals surface area contributed by atoms with Crippen molar-refractivity contribution in [3.05, 3.63) is 52.8 Å². The number of thiazole rings is 1. The average Bonchev–Trinajstić information content (AvgIpc) is 3.41. The third-order valence-corrected chi connectivity index (χ3v) is 8.27. The van der Waals surface area contributed by atoms with Crippen LogP contribution < -0.4 is 10.1 Å². The van der Waals surface area contributed by atoms with Gasteiger partial charge >= 0.3 is 0 Å². The minimum Gasteiger partial charge on any atom is -0.326 e. The van der Waals surface area contributed by atoms with E-state index in [0.717, 1.165) is 23.1 Å². The van der Waals surface area contributed by atoms with Gasteiger partial charge in [-0.2, -0.15) is 9.30 Å². The molecule has 0 radical (unpaired) electrons. The van der Waals surface area contributed by atoms with Crippen LogP contribution in [0.3, 0.4) is 0 Å². The van der Waals surface area contributed by atoms with Crippen molar-refractivity contribution >= 4 is 49.1 Å². The van der Waals surface area contributed by atoms with Gasteiger partial charge in [0.1, 0.15) is 0 Å². The van der Waals surface area contributed by atoms with E-state index in [9.17, 15) is 18.0 Å². The fraction of sp³-hybridized carbons (Fsp3) is 0.318. The maximum absolute atomic E-state index is 12.8. The van der Waals surface area contributed by atoms with Crippen molar-refractivity contribution in [1.29, 1.82) is 0 Å². The Labute approximate surface area is 190 Å². The highest BCUT2D eigenvalue weighted by atomic mass is 32.2. The van der Waals surface area contributed by atoms with E-state index in [2.05, 4.69) is 10.3 Å². The van der Waals surface area contributed by atoms with E-state index >= 15 is 0 Å². The largest absolute Gasteiger partial charge is 0.326 e. The van der Waals surface area contributed by atoms with Crippen LogP contribution >= 0.6 is 11.3 Å². The molecule has 1 N–H and O–H groups in total. The standard InChI is InChI=1S/C22H24N4O4S2/c1-3-26-19-11-8-17(23-15(2)27)14-20(19)31-22(26)24-21(28)16-6-9-18(10-7-16)32(29,30)25-12-4-5-13-25/h6-11,14H,3-5,12-13H2,1-2H3,(H,23,27). The number of carbonyl (C=O) groups excluding carboxylic acids is 2. The number of sulfonamides is 1. The quantitative estimate of drug-likeness (QED) is 0.616. The number of aromatic nitrogens is 1. The number of amides is 2. The lowest BCUT2D eigenvalue weighted by atomic mass is 10.2. The number of fused-ring (bicyclic) bond motifs is 1. The van der Waals surface area contributed by atoms with Crippen molar-refractivity contribution in [2.45, 2.75) is 38.1 Å². The number of anilines is 1. The number of hydrogen-bond acceptors (Lipinski definition) is 5. The highest BCUT2D eigenvalue weighted by Gasteiger charge is 2.27. The minimum absolute atomic E-state index is 0.153. The molecule has 0 atom stereocenters. The molecule has 0 aliphatic carbocycles. The number of carbonyl (C=O) groups is 2. The molecular formula is C22H24N4O4S2. The summed E-state index contributed by atoms with van der Waals surface area (Å²) in [6.45, 7) is 5.11. The molecule has 1 aliphatic heterocycles. The molecule has 2 amide bonds. The van der Waals surface area contributed by atoms with Crippen LogP contribution in [0.1, 0.15) is 37.0 Å². The van der Waals surface area contributed by atoms with Gasteiger partial charge in [0.2, 0.25) is 15.9 Å². The van der Waals surface area contributed by atoms with Crippen LogP contribution in [-0.2, 0) is 21.4 Å². The lowest BCUT2D eigenvalue weighted by Crippen LogP contribution is -2.27. The number of benzene rings is 2. The van der Waals surface area contributed by atoms with Crippen molar-refractivity contribution in [3.8, 4) is 0 Å². The van der Waals surface area contributed by atoms with E-state index in [0.29, 0.717) is 35.7 Å². The molecule has 4 rings (SSSR count). The van der Waals surface area contributed by atoms with Crippen molar-refractivity contribution in [2.24, 2.45) is 4.99 Å². The summed E-state index contributed by atoms with van der Waals surface area (Å²) in [6, 6.07) is 11.5. The first kappa shape index (κ1) is 22.4. The minimum atomic E-state index is -3.52. The number of nitrogens with zero attached hydrogens (tertiary/aromatic N) is 3. The van der Waals surface area contributed by atoms with Crippen LogP contribution in [-0.4, -0.2) is 42.2 Å². The zero-order valence-corrected chi connectivity index (χ0v) is 19.5. The topological polar surface area (TPSA) is 101 Å². The Morgan fingerprint density at radius 2 is 1.78 bits per heavy atom. The van der Waals surface area contributed by atoms with Crippen LogP contribution in [0.25, 0.3) is 10.2 Å². The zero-order chi connectivity index (χ0) is 22.9. The van der Waals surface area contributed by atoms with E-state index in [4.69, 9.17) is 0 Å². The molecule has 10 heteroatoms. The van der Waals surface area contributed by atoms with Gasteiger partial charge in [-0.3, -0.25) is 9.59 Å². The lowest BCUT2D eigenvalue weighted by Gasteiger charge is -2.15. The molecule has 1 saturated heterocycles. The molecule has 1 aliphatic rings. The molecule has 1 aromatic heterocycles. The first-order valence-corrected chi connectivity index (χ1v) is 12.7. The molecule has 8 nitrogen and oxygen atoms in total. The summed E-state index contributed by atoms with van der Waals surface area (Å²) in [7, 11) is -3.52. The summed E-state index contributed by atoms with van der Waals surface area (Å²) in [5, 5.41) is 2.76. The first-order chi connectivity index (χ1) is 15.3. The zero-order valence-electron chi connectivity index (χ0n) is 17.9. The predicted octanol–water partition coefficient (Wildman–Crippen LogP) is 3.21. The fourth-order valence-corrected chi connectivity index (χ4v) is 6.39. The van der Waals surface area contributed by atoms with Gasteiger partial charge < -0.3 is 9.88 Å². The molecular weight excluding hydrogens is 448 g/mol. The van der Waals surface area contributed by atoms with E-state index < -0.39 is 15.9 Å². The van der Waals surface area contributed by atoms with E-state index in [-0.39, 0.29) is 10.8 Å². The lowest BCUT2D eigenvalue weighted by molar-refractivity contribution is -0.114. The SMILES string of the molecule is CCn1c(=NC(=O)c2ccc(S(=O)(=O)N3CCCC3)cc2)sc2cc(NC(C)=O)ccc21. The molecule has 0 saturated carbocycles. The van der Waals surface area contributed by atoms with Crippen LogP contribution in [0.2, 0.25) is 0 Å². The summed E-state index contributed by atoms with van der Waals surface area (Å²) in [5.74, 6) is -0.592. The van der Waals surface area contributed by atoms with E-state index in [1.807, 2.05) is 29.7 Å². The second-order valence-electron chi connectivity index (χ2n) is 7.55. The van der Waals surface area contributed by atoms with Gasteiger partial charge in [-0.25, -0.2) is 8.42 Å². The number of aryl methyl sites for hydroxylation is 1. The monoisotopic (exact) mass is 472 g/mol. The third kappa shape index (κ3) is 4.38. The molecule has 1 fully saturated rings. The Morgan fingerprint density at radius 3 is 2.41 bits per heavy atom. The van der Waals surface area contributed by atoms with Crippen LogP contribution in [0.4, 0.5) is 5.69 Å². The molecule has 2 aromatic carbocycles. The number of nitrogens with one attached hydrogen (secondary N) is 1. The van der Waals surface area contributed by atoms with Gasteiger partial charge in [-0.1, -0.05) is 11.3 Å². The van der Waals surface area contributed by atoms with Crippen LogP contribution in [0.15, 0.2) is 52.4 Å². The molecule has 3 aromatic rings. The third-order valence-electron chi connectivity index (χ3n) is 5.32. The summed E-state index contributed by atoms with van der Waals surface area (Å²) >= 11 is 1.36. The number of rotatable bonds is 5. The van der Waals surface area contributed by atoms with Crippen LogP contribution in [0, 0.1) is 0 Å². The van der Waals surface area contributed by atoms with Gasteiger partial charge in [-0.15, -0.1) is 0 Å². The van der Waals surface area contributed by atoms with Gasteiger partial charge in [0, 0.05) is 37.8 Å². The molecule has 0 bridgehead atoms.